The Kier molecular flexibility index (Phi) is 6.05. The van der Waals surface area contributed by atoms with Crippen LogP contribution in [-0.4, -0.2) is 58.5 Å². The van der Waals surface area contributed by atoms with Gasteiger partial charge >= 0.3 is 6.09 Å². The molecule has 1 aliphatic rings. The second-order valence-corrected chi connectivity index (χ2v) is 10.3. The van der Waals surface area contributed by atoms with Gasteiger partial charge in [0.25, 0.3) is 5.91 Å². The van der Waals surface area contributed by atoms with Gasteiger partial charge in [-0.05, 0) is 58.0 Å². The molecular formula is C27H30FN5O4. The minimum atomic E-state index is -0.541. The van der Waals surface area contributed by atoms with Crippen LogP contribution >= 0.6 is 0 Å². The maximum atomic E-state index is 14.5. The molecule has 2 amide bonds. The monoisotopic (exact) mass is 507 g/mol. The lowest BCUT2D eigenvalue weighted by molar-refractivity contribution is 0.0240. The van der Waals surface area contributed by atoms with Crippen LogP contribution in [0.1, 0.15) is 36.9 Å². The van der Waals surface area contributed by atoms with E-state index in [0.29, 0.717) is 59.7 Å². The zero-order valence-corrected chi connectivity index (χ0v) is 21.6. The van der Waals surface area contributed by atoms with E-state index in [4.69, 9.17) is 9.15 Å². The molecule has 10 heteroatoms. The molecule has 2 aromatic heterocycles. The van der Waals surface area contributed by atoms with E-state index in [2.05, 4.69) is 15.3 Å². The molecule has 0 bridgehead atoms. The number of aryl methyl sites for hydroxylation is 2. The predicted octanol–water partition coefficient (Wildman–Crippen LogP) is 5.08. The third kappa shape index (κ3) is 4.96. The van der Waals surface area contributed by atoms with Crippen LogP contribution in [-0.2, 0) is 11.8 Å². The van der Waals surface area contributed by atoms with Crippen molar-refractivity contribution in [2.75, 3.05) is 36.4 Å². The van der Waals surface area contributed by atoms with Gasteiger partial charge in [0.2, 0.25) is 0 Å². The largest absolute Gasteiger partial charge is 0.460 e. The quantitative estimate of drug-likeness (QED) is 0.416. The van der Waals surface area contributed by atoms with E-state index in [9.17, 15) is 14.0 Å². The fourth-order valence-electron chi connectivity index (χ4n) is 4.61. The van der Waals surface area contributed by atoms with Gasteiger partial charge in [-0.15, -0.1) is 0 Å². The topological polar surface area (TPSA) is 92.8 Å². The number of halogens is 1. The summed E-state index contributed by atoms with van der Waals surface area (Å²) in [5.74, 6) is -0.194. The van der Waals surface area contributed by atoms with Crippen LogP contribution in [0.2, 0.25) is 0 Å². The van der Waals surface area contributed by atoms with Crippen LogP contribution in [0.15, 0.2) is 40.9 Å². The maximum absolute atomic E-state index is 14.5. The van der Waals surface area contributed by atoms with Gasteiger partial charge in [0.1, 0.15) is 22.8 Å². The number of nitrogens with one attached hydrogen (secondary N) is 1. The number of piperazine rings is 1. The Bertz CT molecular complexity index is 1510. The van der Waals surface area contributed by atoms with Crippen molar-refractivity contribution in [3.8, 4) is 0 Å². The molecule has 4 aromatic rings. The normalized spacial score (nSPS) is 14.4. The molecule has 1 saturated heterocycles. The first-order valence-electron chi connectivity index (χ1n) is 12.2. The standard InChI is InChI=1S/C27H30FN5O4/c1-16-12-19-23(32-8-10-33(11-9-32)26(35)37-27(2,3)4)7-6-18(24(19)36-16)25(34)29-17-13-21(28)20-15-31(5)30-22(20)14-17/h6-7,12-15H,8-11H2,1-5H3,(H,29,34). The number of hydrogen-bond donors (Lipinski definition) is 1. The zero-order chi connectivity index (χ0) is 26.5. The number of hydrogen-bond acceptors (Lipinski definition) is 6. The van der Waals surface area contributed by atoms with Crippen molar-refractivity contribution in [2.24, 2.45) is 7.05 Å². The molecule has 194 valence electrons. The average molecular weight is 508 g/mol. The number of benzene rings is 2. The second-order valence-electron chi connectivity index (χ2n) is 10.3. The van der Waals surface area contributed by atoms with Crippen LogP contribution in [0.3, 0.4) is 0 Å². The highest BCUT2D eigenvalue weighted by Crippen LogP contribution is 2.34. The van der Waals surface area contributed by atoms with Crippen molar-refractivity contribution in [3.63, 3.8) is 0 Å². The van der Waals surface area contributed by atoms with Crippen LogP contribution < -0.4 is 10.2 Å². The molecule has 2 aromatic carbocycles. The first kappa shape index (κ1) is 24.6. The number of ether oxygens (including phenoxy) is 1. The minimum absolute atomic E-state index is 0.312. The average Bonchev–Trinajstić information content (AvgIpc) is 3.39. The molecule has 9 nitrogen and oxygen atoms in total. The SMILES string of the molecule is Cc1cc2c(N3CCN(C(=O)OC(C)(C)C)CC3)ccc(C(=O)Nc3cc(F)c4cn(C)nc4c3)c2o1. The molecule has 0 saturated carbocycles. The van der Waals surface area contributed by atoms with E-state index < -0.39 is 17.3 Å². The summed E-state index contributed by atoms with van der Waals surface area (Å²) in [5.41, 5.74) is 1.96. The van der Waals surface area contributed by atoms with Crippen molar-refractivity contribution in [3.05, 3.63) is 53.7 Å². The van der Waals surface area contributed by atoms with Crippen LogP contribution in [0.25, 0.3) is 21.9 Å². The van der Waals surface area contributed by atoms with E-state index in [0.717, 1.165) is 11.1 Å². The highest BCUT2D eigenvalue weighted by molar-refractivity contribution is 6.14. The third-order valence-electron chi connectivity index (χ3n) is 6.25. The molecule has 3 heterocycles. The van der Waals surface area contributed by atoms with Crippen molar-refractivity contribution < 1.29 is 23.1 Å². The third-order valence-corrected chi connectivity index (χ3v) is 6.25. The summed E-state index contributed by atoms with van der Waals surface area (Å²) < 4.78 is 27.5. The Balaban J connectivity index is 1.37. The van der Waals surface area contributed by atoms with Crippen molar-refractivity contribution in [1.82, 2.24) is 14.7 Å². The maximum Gasteiger partial charge on any atom is 0.410 e. The van der Waals surface area contributed by atoms with Gasteiger partial charge in [-0.1, -0.05) is 0 Å². The van der Waals surface area contributed by atoms with Crippen molar-refractivity contribution >= 4 is 45.2 Å². The Morgan fingerprint density at radius 1 is 1.08 bits per heavy atom. The van der Waals surface area contributed by atoms with Gasteiger partial charge in [0, 0.05) is 56.2 Å². The van der Waals surface area contributed by atoms with Gasteiger partial charge in [-0.2, -0.15) is 5.10 Å². The predicted molar refractivity (Wildman–Crippen MR) is 140 cm³/mol. The van der Waals surface area contributed by atoms with E-state index in [1.165, 1.54) is 10.7 Å². The first-order chi connectivity index (χ1) is 17.5. The summed E-state index contributed by atoms with van der Waals surface area (Å²) in [6, 6.07) is 8.43. The summed E-state index contributed by atoms with van der Waals surface area (Å²) in [5, 5.41) is 8.21. The number of fused-ring (bicyclic) bond motifs is 2. The lowest BCUT2D eigenvalue weighted by Crippen LogP contribution is -2.50. The highest BCUT2D eigenvalue weighted by atomic mass is 19.1. The fourth-order valence-corrected chi connectivity index (χ4v) is 4.61. The van der Waals surface area contributed by atoms with Crippen molar-refractivity contribution in [2.45, 2.75) is 33.3 Å². The summed E-state index contributed by atoms with van der Waals surface area (Å²) in [4.78, 5) is 29.5. The summed E-state index contributed by atoms with van der Waals surface area (Å²) >= 11 is 0. The van der Waals surface area contributed by atoms with Gasteiger partial charge in [0.05, 0.1) is 16.5 Å². The smallest absolute Gasteiger partial charge is 0.410 e. The molecule has 0 aliphatic carbocycles. The van der Waals surface area contributed by atoms with Crippen molar-refractivity contribution in [1.29, 1.82) is 0 Å². The van der Waals surface area contributed by atoms with Gasteiger partial charge in [-0.3, -0.25) is 9.48 Å². The first-order valence-corrected chi connectivity index (χ1v) is 12.2. The molecule has 5 rings (SSSR count). The highest BCUT2D eigenvalue weighted by Gasteiger charge is 2.27. The Morgan fingerprint density at radius 2 is 1.81 bits per heavy atom. The molecule has 1 aliphatic heterocycles. The Morgan fingerprint density at radius 3 is 2.51 bits per heavy atom. The van der Waals surface area contributed by atoms with Crippen LogP contribution in [0.5, 0.6) is 0 Å². The molecule has 0 atom stereocenters. The molecule has 0 unspecified atom stereocenters. The summed E-state index contributed by atoms with van der Waals surface area (Å²) in [7, 11) is 1.71. The number of carbonyl (C=O) groups excluding carboxylic acids is 2. The number of carbonyl (C=O) groups is 2. The molecule has 37 heavy (non-hydrogen) atoms. The van der Waals surface area contributed by atoms with Gasteiger partial charge < -0.3 is 24.3 Å². The molecule has 0 spiro atoms. The van der Waals surface area contributed by atoms with Crippen LogP contribution in [0.4, 0.5) is 20.6 Å². The van der Waals surface area contributed by atoms with Crippen LogP contribution in [0, 0.1) is 12.7 Å². The number of amides is 2. The van der Waals surface area contributed by atoms with E-state index in [1.807, 2.05) is 39.8 Å². The summed E-state index contributed by atoms with van der Waals surface area (Å²) in [6.45, 7) is 9.67. The molecule has 1 fully saturated rings. The number of nitrogens with zero attached hydrogens (tertiary/aromatic N) is 4. The lowest BCUT2D eigenvalue weighted by atomic mass is 10.1. The van der Waals surface area contributed by atoms with E-state index in [-0.39, 0.29) is 6.09 Å². The Labute approximate surface area is 213 Å². The van der Waals surface area contributed by atoms with Gasteiger partial charge in [0.15, 0.2) is 0 Å². The molecule has 1 N–H and O–H groups in total. The molecular weight excluding hydrogens is 477 g/mol. The van der Waals surface area contributed by atoms with Gasteiger partial charge in [-0.25, -0.2) is 9.18 Å². The number of anilines is 2. The lowest BCUT2D eigenvalue weighted by Gasteiger charge is -2.37. The summed E-state index contributed by atoms with van der Waals surface area (Å²) in [6.07, 6.45) is 1.28. The van der Waals surface area contributed by atoms with E-state index in [1.54, 1.807) is 30.3 Å². The minimum Gasteiger partial charge on any atom is -0.460 e. The Hall–Kier alpha value is -4.08. The second kappa shape index (κ2) is 9.10. The fraction of sp³-hybridized carbons (Fsp3) is 0.370. The van der Waals surface area contributed by atoms with E-state index >= 15 is 0 Å². The zero-order valence-electron chi connectivity index (χ0n) is 21.6. The number of furan rings is 1. The molecule has 0 radical (unpaired) electrons. The number of aromatic nitrogens is 2. The number of rotatable bonds is 3.